The zero-order valence-electron chi connectivity index (χ0n) is 18.4. The highest BCUT2D eigenvalue weighted by atomic mass is 32.2. The maximum atomic E-state index is 13.7. The molecule has 1 saturated heterocycles. The molecule has 2 N–H and O–H groups in total. The van der Waals surface area contributed by atoms with Crippen molar-refractivity contribution < 1.29 is 17.5 Å². The minimum atomic E-state index is -3.21. The number of rotatable bonds is 9. The summed E-state index contributed by atoms with van der Waals surface area (Å²) in [4.78, 5) is 6.71. The molecule has 1 aliphatic rings. The highest BCUT2D eigenvalue weighted by molar-refractivity contribution is 7.89. The Morgan fingerprint density at radius 3 is 2.53 bits per heavy atom. The predicted octanol–water partition coefficient (Wildman–Crippen LogP) is 1.78. The van der Waals surface area contributed by atoms with Crippen molar-refractivity contribution in [2.24, 2.45) is 10.9 Å². The highest BCUT2D eigenvalue weighted by Gasteiger charge is 2.22. The molecule has 1 fully saturated rings. The van der Waals surface area contributed by atoms with E-state index in [0.29, 0.717) is 29.0 Å². The molecule has 0 spiro atoms. The summed E-state index contributed by atoms with van der Waals surface area (Å²) in [6, 6.07) is 4.55. The molecular formula is C21H35FN4O3S. The Hall–Kier alpha value is -1.71. The Balaban J connectivity index is 1.99. The molecule has 1 aromatic carbocycles. The van der Waals surface area contributed by atoms with Gasteiger partial charge in [-0.05, 0) is 35.6 Å². The SMILES string of the molecule is CN=C(NCc1cc(F)ccc1CS(C)(=O)=O)NCC(CC(C)C)N1CCOCC1. The fourth-order valence-corrected chi connectivity index (χ4v) is 4.49. The van der Waals surface area contributed by atoms with Crippen molar-refractivity contribution in [3.05, 3.63) is 35.1 Å². The van der Waals surface area contributed by atoms with Crippen LogP contribution in [0.25, 0.3) is 0 Å². The molecule has 1 aromatic rings. The fraction of sp³-hybridized carbons (Fsp3) is 0.667. The summed E-state index contributed by atoms with van der Waals surface area (Å²) in [5.74, 6) is 0.660. The third-order valence-electron chi connectivity index (χ3n) is 5.07. The molecule has 30 heavy (non-hydrogen) atoms. The number of benzene rings is 1. The van der Waals surface area contributed by atoms with E-state index in [0.717, 1.165) is 39.3 Å². The van der Waals surface area contributed by atoms with E-state index in [4.69, 9.17) is 4.74 Å². The Labute approximate surface area is 180 Å². The summed E-state index contributed by atoms with van der Waals surface area (Å²) < 4.78 is 42.6. The molecule has 1 aliphatic heterocycles. The van der Waals surface area contributed by atoms with Gasteiger partial charge in [-0.2, -0.15) is 0 Å². The average molecular weight is 443 g/mol. The highest BCUT2D eigenvalue weighted by Crippen LogP contribution is 2.15. The van der Waals surface area contributed by atoms with Crippen LogP contribution in [-0.4, -0.2) is 71.5 Å². The van der Waals surface area contributed by atoms with Crippen LogP contribution in [0, 0.1) is 11.7 Å². The fourth-order valence-electron chi connectivity index (χ4n) is 3.64. The van der Waals surface area contributed by atoms with E-state index in [9.17, 15) is 12.8 Å². The van der Waals surface area contributed by atoms with Crippen LogP contribution in [-0.2, 0) is 26.9 Å². The van der Waals surface area contributed by atoms with Crippen LogP contribution >= 0.6 is 0 Å². The Kier molecular flexibility index (Phi) is 9.51. The molecule has 0 bridgehead atoms. The zero-order chi connectivity index (χ0) is 22.1. The van der Waals surface area contributed by atoms with Gasteiger partial charge in [0.1, 0.15) is 5.82 Å². The molecule has 7 nitrogen and oxygen atoms in total. The van der Waals surface area contributed by atoms with Crippen LogP contribution in [0.2, 0.25) is 0 Å². The molecule has 1 unspecified atom stereocenters. The van der Waals surface area contributed by atoms with Crippen LogP contribution in [0.1, 0.15) is 31.4 Å². The van der Waals surface area contributed by atoms with Gasteiger partial charge in [-0.15, -0.1) is 0 Å². The number of morpholine rings is 1. The molecule has 0 aliphatic carbocycles. The second-order valence-corrected chi connectivity index (χ2v) is 10.4. The van der Waals surface area contributed by atoms with Gasteiger partial charge in [0.25, 0.3) is 0 Å². The van der Waals surface area contributed by atoms with Crippen molar-refractivity contribution in [1.29, 1.82) is 0 Å². The third kappa shape index (κ3) is 8.57. The molecule has 0 aromatic heterocycles. The Morgan fingerprint density at radius 1 is 1.23 bits per heavy atom. The Bertz CT molecular complexity index is 808. The summed E-state index contributed by atoms with van der Waals surface area (Å²) in [6.45, 7) is 8.80. The van der Waals surface area contributed by atoms with Gasteiger partial charge in [0.05, 0.1) is 19.0 Å². The summed E-state index contributed by atoms with van der Waals surface area (Å²) in [5.41, 5.74) is 1.20. The quantitative estimate of drug-likeness (QED) is 0.448. The second-order valence-electron chi connectivity index (χ2n) is 8.22. The van der Waals surface area contributed by atoms with Crippen LogP contribution in [0.4, 0.5) is 4.39 Å². The molecular weight excluding hydrogens is 407 g/mol. The third-order valence-corrected chi connectivity index (χ3v) is 5.90. The molecule has 170 valence electrons. The van der Waals surface area contributed by atoms with Gasteiger partial charge in [-0.3, -0.25) is 9.89 Å². The maximum absolute atomic E-state index is 13.7. The first kappa shape index (κ1) is 24.6. The lowest BCUT2D eigenvalue weighted by molar-refractivity contribution is 0.0132. The number of nitrogens with one attached hydrogen (secondary N) is 2. The lowest BCUT2D eigenvalue weighted by Crippen LogP contribution is -2.51. The first-order chi connectivity index (χ1) is 14.2. The van der Waals surface area contributed by atoms with E-state index in [-0.39, 0.29) is 12.3 Å². The van der Waals surface area contributed by atoms with Gasteiger partial charge in [0.2, 0.25) is 0 Å². The summed E-state index contributed by atoms with van der Waals surface area (Å²) in [6.07, 6.45) is 2.24. The largest absolute Gasteiger partial charge is 0.379 e. The minimum absolute atomic E-state index is 0.121. The van der Waals surface area contributed by atoms with Gasteiger partial charge >= 0.3 is 0 Å². The molecule has 1 atom stereocenters. The number of nitrogens with zero attached hydrogens (tertiary/aromatic N) is 2. The van der Waals surface area contributed by atoms with Crippen LogP contribution in [0.5, 0.6) is 0 Å². The van der Waals surface area contributed by atoms with Gasteiger partial charge in [0.15, 0.2) is 15.8 Å². The molecule has 0 saturated carbocycles. The first-order valence-electron chi connectivity index (χ1n) is 10.4. The van der Waals surface area contributed by atoms with Crippen LogP contribution in [0.3, 0.4) is 0 Å². The van der Waals surface area contributed by atoms with E-state index >= 15 is 0 Å². The van der Waals surface area contributed by atoms with E-state index in [1.807, 2.05) is 0 Å². The second kappa shape index (κ2) is 11.6. The van der Waals surface area contributed by atoms with Crippen molar-refractivity contribution in [2.45, 2.75) is 38.6 Å². The van der Waals surface area contributed by atoms with Gasteiger partial charge in [-0.25, -0.2) is 12.8 Å². The van der Waals surface area contributed by atoms with Crippen molar-refractivity contribution >= 4 is 15.8 Å². The maximum Gasteiger partial charge on any atom is 0.191 e. The van der Waals surface area contributed by atoms with E-state index in [1.165, 1.54) is 24.5 Å². The van der Waals surface area contributed by atoms with Gasteiger partial charge in [-0.1, -0.05) is 19.9 Å². The first-order valence-corrected chi connectivity index (χ1v) is 12.5. The van der Waals surface area contributed by atoms with Gasteiger partial charge < -0.3 is 15.4 Å². The predicted molar refractivity (Wildman–Crippen MR) is 119 cm³/mol. The summed E-state index contributed by atoms with van der Waals surface area (Å²) in [5, 5.41) is 6.55. The summed E-state index contributed by atoms with van der Waals surface area (Å²) >= 11 is 0. The van der Waals surface area contributed by atoms with Crippen LogP contribution < -0.4 is 10.6 Å². The number of ether oxygens (including phenoxy) is 1. The van der Waals surface area contributed by atoms with E-state index < -0.39 is 15.7 Å². The standard InChI is InChI=1S/C21H35FN4O3S/c1-16(2)11-20(26-7-9-29-10-8-26)14-25-21(23-3)24-13-18-12-19(22)6-5-17(18)15-30(4,27)28/h5-6,12,16,20H,7-11,13-15H2,1-4H3,(H2,23,24,25). The number of guanidine groups is 1. The van der Waals surface area contributed by atoms with Crippen molar-refractivity contribution in [2.75, 3.05) is 46.2 Å². The molecule has 9 heteroatoms. The molecule has 0 radical (unpaired) electrons. The number of halogens is 1. The number of hydrogen-bond acceptors (Lipinski definition) is 5. The minimum Gasteiger partial charge on any atom is -0.379 e. The van der Waals surface area contributed by atoms with Gasteiger partial charge in [0, 0.05) is 45.5 Å². The molecule has 0 amide bonds. The molecule has 2 rings (SSSR count). The average Bonchev–Trinajstić information content (AvgIpc) is 2.68. The lowest BCUT2D eigenvalue weighted by Gasteiger charge is -2.35. The Morgan fingerprint density at radius 2 is 1.93 bits per heavy atom. The number of aliphatic imine (C=N–C) groups is 1. The normalized spacial score (nSPS) is 17.2. The number of hydrogen-bond donors (Lipinski definition) is 2. The van der Waals surface area contributed by atoms with E-state index in [1.54, 1.807) is 7.05 Å². The summed E-state index contributed by atoms with van der Waals surface area (Å²) in [7, 11) is -1.53. The molecule has 1 heterocycles. The van der Waals surface area contributed by atoms with Crippen molar-refractivity contribution in [3.8, 4) is 0 Å². The number of sulfone groups is 1. The zero-order valence-corrected chi connectivity index (χ0v) is 19.3. The monoisotopic (exact) mass is 442 g/mol. The van der Waals surface area contributed by atoms with Crippen molar-refractivity contribution in [3.63, 3.8) is 0 Å². The lowest BCUT2D eigenvalue weighted by atomic mass is 10.0. The smallest absolute Gasteiger partial charge is 0.191 e. The van der Waals surface area contributed by atoms with Crippen molar-refractivity contribution in [1.82, 2.24) is 15.5 Å². The van der Waals surface area contributed by atoms with Crippen LogP contribution in [0.15, 0.2) is 23.2 Å². The topological polar surface area (TPSA) is 83.0 Å². The van der Waals surface area contributed by atoms with E-state index in [2.05, 4.69) is 34.4 Å².